The van der Waals surface area contributed by atoms with Gasteiger partial charge in [0.15, 0.2) is 0 Å². The second-order valence-corrected chi connectivity index (χ2v) is 2.85. The van der Waals surface area contributed by atoms with Crippen LogP contribution in [-0.4, -0.2) is 13.4 Å². The summed E-state index contributed by atoms with van der Waals surface area (Å²) in [5.74, 6) is 0. The van der Waals surface area contributed by atoms with E-state index in [1.807, 2.05) is 0 Å². The average molecular weight is 185 g/mol. The van der Waals surface area contributed by atoms with Crippen LogP contribution in [0.1, 0.15) is 0 Å². The zero-order valence-electron chi connectivity index (χ0n) is 3.08. The van der Waals surface area contributed by atoms with Gasteiger partial charge in [0.05, 0.1) is 0 Å². The molecule has 0 aliphatic heterocycles. The Morgan fingerprint density at radius 3 is 1.14 bits per heavy atom. The Labute approximate surface area is 43.0 Å². The first-order chi connectivity index (χ1) is 3.35. The second-order valence-electron chi connectivity index (χ2n) is 0.482. The molecular formula is C3O3Ru. The molecule has 38 valence electrons. The molecule has 0 saturated carbocycles. The summed E-state index contributed by atoms with van der Waals surface area (Å²) in [7, 11) is 0. The Morgan fingerprint density at radius 2 is 1.14 bits per heavy atom. The Morgan fingerprint density at radius 1 is 0.857 bits per heavy atom. The van der Waals surface area contributed by atoms with Crippen LogP contribution in [0.5, 0.6) is 0 Å². The molecule has 0 radical (unpaired) electrons. The fraction of sp³-hybridized carbons (Fsp3) is 0. The maximum atomic E-state index is 9.38. The molecule has 0 aromatic carbocycles. The van der Waals surface area contributed by atoms with E-state index in [2.05, 4.69) is 0 Å². The first-order valence-electron chi connectivity index (χ1n) is 1.14. The van der Waals surface area contributed by atoms with Crippen LogP contribution in [0.15, 0.2) is 0 Å². The van der Waals surface area contributed by atoms with Gasteiger partial charge in [0.25, 0.3) is 0 Å². The van der Waals surface area contributed by atoms with Crippen LogP contribution in [0.3, 0.4) is 0 Å². The molecule has 7 heavy (non-hydrogen) atoms. The fourth-order valence-corrected chi connectivity index (χ4v) is 0.261. The SMILES string of the molecule is O=[C]=[Ru](=[C]=O)=[C]=O. The van der Waals surface area contributed by atoms with Crippen molar-refractivity contribution in [3.05, 3.63) is 0 Å². The van der Waals surface area contributed by atoms with Crippen molar-refractivity contribution in [1.82, 2.24) is 0 Å². The minimum atomic E-state index is -2.62. The van der Waals surface area contributed by atoms with Crippen molar-refractivity contribution in [1.29, 1.82) is 0 Å². The zero-order chi connectivity index (χ0) is 5.70. The zero-order valence-corrected chi connectivity index (χ0v) is 4.82. The Bertz CT molecular complexity index is 209. The van der Waals surface area contributed by atoms with Crippen LogP contribution in [0, 0.1) is 0 Å². The van der Waals surface area contributed by atoms with Gasteiger partial charge in [0.2, 0.25) is 0 Å². The van der Waals surface area contributed by atoms with E-state index < -0.39 is 14.6 Å². The summed E-state index contributed by atoms with van der Waals surface area (Å²) in [5, 5.41) is 0. The molecule has 0 rings (SSSR count). The van der Waals surface area contributed by atoms with Crippen molar-refractivity contribution in [2.45, 2.75) is 0 Å². The maximum absolute atomic E-state index is 9.38. The van der Waals surface area contributed by atoms with Crippen molar-refractivity contribution in [3.8, 4) is 0 Å². The quantitative estimate of drug-likeness (QED) is 0.446. The molecule has 0 aromatic rings. The van der Waals surface area contributed by atoms with Crippen LogP contribution in [-0.2, 0) is 29.0 Å². The predicted octanol–water partition coefficient (Wildman–Crippen LogP) is -1.19. The van der Waals surface area contributed by atoms with E-state index >= 15 is 0 Å². The minimum absolute atomic E-state index is 1.25. The number of rotatable bonds is 0. The molecule has 3 nitrogen and oxygen atoms in total. The molecule has 4 heteroatoms. The molecule has 0 aromatic heterocycles. The van der Waals surface area contributed by atoms with Gasteiger partial charge in [0, 0.05) is 0 Å². The van der Waals surface area contributed by atoms with E-state index in [9.17, 15) is 14.4 Å². The molecule has 0 spiro atoms. The normalized spacial score (nSPS) is 6.43. The van der Waals surface area contributed by atoms with Crippen molar-refractivity contribution in [3.63, 3.8) is 0 Å². The Balaban J connectivity index is 5.98. The number of hydrogen-bond donors (Lipinski definition) is 0. The van der Waals surface area contributed by atoms with Crippen molar-refractivity contribution in [2.75, 3.05) is 0 Å². The van der Waals surface area contributed by atoms with Gasteiger partial charge in [0.1, 0.15) is 0 Å². The van der Waals surface area contributed by atoms with Crippen LogP contribution >= 0.6 is 0 Å². The summed E-state index contributed by atoms with van der Waals surface area (Å²) in [5.41, 5.74) is 0. The van der Waals surface area contributed by atoms with E-state index in [0.29, 0.717) is 0 Å². The van der Waals surface area contributed by atoms with E-state index in [-0.39, 0.29) is 0 Å². The van der Waals surface area contributed by atoms with Gasteiger partial charge in [-0.15, -0.1) is 0 Å². The first kappa shape index (κ1) is 6.36. The van der Waals surface area contributed by atoms with Crippen LogP contribution < -0.4 is 0 Å². The summed E-state index contributed by atoms with van der Waals surface area (Å²) in [6, 6.07) is 0. The predicted molar refractivity (Wildman–Crippen MR) is 17.1 cm³/mol. The number of carbonyl (C=O) groups excluding carboxylic acids is 3. The second kappa shape index (κ2) is 3.55. The van der Waals surface area contributed by atoms with Crippen molar-refractivity contribution < 1.29 is 29.0 Å². The van der Waals surface area contributed by atoms with Gasteiger partial charge >= 0.3 is 42.4 Å². The molecule has 0 aliphatic carbocycles. The summed E-state index contributed by atoms with van der Waals surface area (Å²) >= 11 is -2.62. The molecule has 0 amide bonds. The van der Waals surface area contributed by atoms with Crippen LogP contribution in [0.25, 0.3) is 0 Å². The molecule has 0 saturated heterocycles. The third-order valence-corrected chi connectivity index (χ3v) is 1.28. The molecule has 0 aliphatic rings. The molecule has 0 unspecified atom stereocenters. The van der Waals surface area contributed by atoms with Gasteiger partial charge in [-0.05, 0) is 0 Å². The molecule has 0 bridgehead atoms. The third-order valence-electron chi connectivity index (χ3n) is 0.217. The fourth-order valence-electron chi connectivity index (χ4n) is 0.0442. The Kier molecular flexibility index (Phi) is 3.23. The van der Waals surface area contributed by atoms with E-state index in [0.717, 1.165) is 0 Å². The van der Waals surface area contributed by atoms with Crippen LogP contribution in [0.2, 0.25) is 0 Å². The summed E-state index contributed by atoms with van der Waals surface area (Å²) in [6.45, 7) is 0. The van der Waals surface area contributed by atoms with Gasteiger partial charge in [-0.25, -0.2) is 0 Å². The van der Waals surface area contributed by atoms with E-state index in [1.54, 1.807) is 0 Å². The standard InChI is InChI=1S/3CO.Ru/c3*1-2;. The molecule has 0 fully saturated rings. The first-order valence-corrected chi connectivity index (χ1v) is 3.75. The molecule has 0 atom stereocenters. The molecular weight excluding hydrogens is 185 g/mol. The Hall–Kier alpha value is -0.637. The molecule has 0 N–H and O–H groups in total. The van der Waals surface area contributed by atoms with E-state index in [4.69, 9.17) is 0 Å². The van der Waals surface area contributed by atoms with Gasteiger partial charge < -0.3 is 0 Å². The van der Waals surface area contributed by atoms with E-state index in [1.165, 1.54) is 13.4 Å². The summed E-state index contributed by atoms with van der Waals surface area (Å²) in [4.78, 5) is 28.1. The number of hydrogen-bond acceptors (Lipinski definition) is 3. The monoisotopic (exact) mass is 186 g/mol. The van der Waals surface area contributed by atoms with Crippen molar-refractivity contribution >= 4 is 13.4 Å². The van der Waals surface area contributed by atoms with Gasteiger partial charge in [-0.1, -0.05) is 0 Å². The summed E-state index contributed by atoms with van der Waals surface area (Å²) < 4.78 is 3.74. The van der Waals surface area contributed by atoms with Gasteiger partial charge in [-0.3, -0.25) is 0 Å². The average Bonchev–Trinajstić information content (AvgIpc) is 1.72. The molecule has 0 heterocycles. The van der Waals surface area contributed by atoms with Crippen molar-refractivity contribution in [2.24, 2.45) is 0 Å². The third kappa shape index (κ3) is 2.11. The summed E-state index contributed by atoms with van der Waals surface area (Å²) in [6.07, 6.45) is 0. The topological polar surface area (TPSA) is 51.2 Å². The van der Waals surface area contributed by atoms with Gasteiger partial charge in [-0.2, -0.15) is 0 Å². The van der Waals surface area contributed by atoms with Crippen LogP contribution in [0.4, 0.5) is 0 Å².